The molecule has 2 aliphatic rings. The zero-order valence-corrected chi connectivity index (χ0v) is 13.1. The van der Waals surface area contributed by atoms with Gasteiger partial charge < -0.3 is 9.80 Å². The van der Waals surface area contributed by atoms with Crippen molar-refractivity contribution in [1.82, 2.24) is 4.90 Å². The van der Waals surface area contributed by atoms with Gasteiger partial charge in [-0.2, -0.15) is 0 Å². The molecular weight excluding hydrogens is 323 g/mol. The van der Waals surface area contributed by atoms with E-state index in [1.165, 1.54) is 0 Å². The van der Waals surface area contributed by atoms with E-state index in [2.05, 4.69) is 20.8 Å². The monoisotopic (exact) mass is 340 g/mol. The van der Waals surface area contributed by atoms with Gasteiger partial charge in [-0.05, 0) is 40.9 Å². The molecule has 0 aromatic heterocycles. The van der Waals surface area contributed by atoms with Gasteiger partial charge in [0, 0.05) is 38.5 Å². The molecule has 2 heterocycles. The number of anilines is 1. The summed E-state index contributed by atoms with van der Waals surface area (Å²) in [7, 11) is 1.87. The van der Waals surface area contributed by atoms with Gasteiger partial charge in [-0.15, -0.1) is 0 Å². The Morgan fingerprint density at radius 2 is 2.00 bits per heavy atom. The number of piperidine rings is 1. The summed E-state index contributed by atoms with van der Waals surface area (Å²) < 4.78 is 14.6. The summed E-state index contributed by atoms with van der Waals surface area (Å²) >= 11 is 3.24. The lowest BCUT2D eigenvalue weighted by Gasteiger charge is -2.39. The lowest BCUT2D eigenvalue weighted by atomic mass is 9.77. The van der Waals surface area contributed by atoms with Crippen LogP contribution in [0.1, 0.15) is 19.3 Å². The van der Waals surface area contributed by atoms with Crippen LogP contribution in [0, 0.1) is 11.2 Å². The average Bonchev–Trinajstić information content (AvgIpc) is 2.69. The van der Waals surface area contributed by atoms with Crippen molar-refractivity contribution >= 4 is 27.5 Å². The Morgan fingerprint density at radius 3 is 2.60 bits per heavy atom. The number of carbonyl (C=O) groups is 1. The lowest BCUT2D eigenvalue weighted by Crippen LogP contribution is -2.41. The molecule has 1 spiro atoms. The van der Waals surface area contributed by atoms with Crippen molar-refractivity contribution in [1.29, 1.82) is 0 Å². The molecule has 3 rings (SSSR count). The second-order valence-corrected chi connectivity index (χ2v) is 6.84. The molecule has 0 N–H and O–H groups in total. The maximum absolute atomic E-state index is 14.1. The van der Waals surface area contributed by atoms with Gasteiger partial charge in [0.2, 0.25) is 5.91 Å². The third-order valence-electron chi connectivity index (χ3n) is 4.62. The fraction of sp³-hybridized carbons (Fsp3) is 0.533. The Kier molecular flexibility index (Phi) is 3.48. The summed E-state index contributed by atoms with van der Waals surface area (Å²) in [5, 5.41) is 0. The van der Waals surface area contributed by atoms with Gasteiger partial charge in [-0.1, -0.05) is 6.07 Å². The van der Waals surface area contributed by atoms with E-state index >= 15 is 0 Å². The summed E-state index contributed by atoms with van der Waals surface area (Å²) in [6.07, 6.45) is 2.56. The van der Waals surface area contributed by atoms with Crippen LogP contribution in [0.3, 0.4) is 0 Å². The number of halogens is 2. The Balaban J connectivity index is 1.73. The number of hydrogen-bond donors (Lipinski definition) is 0. The van der Waals surface area contributed by atoms with Crippen LogP contribution in [-0.4, -0.2) is 37.5 Å². The highest BCUT2D eigenvalue weighted by atomic mass is 79.9. The number of nitrogens with zero attached hydrogens (tertiary/aromatic N) is 2. The van der Waals surface area contributed by atoms with Crippen LogP contribution in [0.4, 0.5) is 10.1 Å². The second-order valence-electron chi connectivity index (χ2n) is 5.99. The van der Waals surface area contributed by atoms with Crippen molar-refractivity contribution in [3.63, 3.8) is 0 Å². The third kappa shape index (κ3) is 2.32. The SMILES string of the molecule is CN1CC2(CCN(c3cccc(Br)c3F)CC2)CC1=O. The van der Waals surface area contributed by atoms with Gasteiger partial charge in [0.1, 0.15) is 0 Å². The Bertz CT molecular complexity index is 541. The van der Waals surface area contributed by atoms with E-state index in [1.807, 2.05) is 24.1 Å². The summed E-state index contributed by atoms with van der Waals surface area (Å²) in [5.74, 6) is 0.0511. The van der Waals surface area contributed by atoms with E-state index in [4.69, 9.17) is 0 Å². The first-order valence-corrected chi connectivity index (χ1v) is 7.73. The molecule has 0 saturated carbocycles. The minimum atomic E-state index is -0.192. The van der Waals surface area contributed by atoms with Crippen LogP contribution in [0.2, 0.25) is 0 Å². The Morgan fingerprint density at radius 1 is 1.30 bits per heavy atom. The molecule has 0 aliphatic carbocycles. The summed E-state index contributed by atoms with van der Waals surface area (Å²) in [6.45, 7) is 2.48. The van der Waals surface area contributed by atoms with Crippen LogP contribution in [0.15, 0.2) is 22.7 Å². The number of hydrogen-bond acceptors (Lipinski definition) is 2. The fourth-order valence-electron chi connectivity index (χ4n) is 3.40. The molecule has 0 unspecified atom stereocenters. The number of likely N-dealkylation sites (tertiary alicyclic amines) is 1. The van der Waals surface area contributed by atoms with E-state index in [9.17, 15) is 9.18 Å². The molecule has 2 fully saturated rings. The van der Waals surface area contributed by atoms with Gasteiger partial charge in [0.05, 0.1) is 10.2 Å². The topological polar surface area (TPSA) is 23.6 Å². The van der Waals surface area contributed by atoms with Crippen molar-refractivity contribution in [2.75, 3.05) is 31.6 Å². The van der Waals surface area contributed by atoms with Crippen LogP contribution >= 0.6 is 15.9 Å². The van der Waals surface area contributed by atoms with E-state index < -0.39 is 0 Å². The molecule has 0 radical (unpaired) electrons. The molecule has 1 aromatic rings. The maximum Gasteiger partial charge on any atom is 0.222 e. The van der Waals surface area contributed by atoms with Crippen molar-refractivity contribution in [3.8, 4) is 0 Å². The normalized spacial score (nSPS) is 21.9. The highest BCUT2D eigenvalue weighted by molar-refractivity contribution is 9.10. The minimum Gasteiger partial charge on any atom is -0.369 e. The van der Waals surface area contributed by atoms with E-state index in [0.717, 1.165) is 32.5 Å². The highest BCUT2D eigenvalue weighted by Gasteiger charge is 2.43. The summed E-state index contributed by atoms with van der Waals surface area (Å²) in [5.41, 5.74) is 0.775. The highest BCUT2D eigenvalue weighted by Crippen LogP contribution is 2.42. The first kappa shape index (κ1) is 13.9. The molecule has 2 aliphatic heterocycles. The molecule has 3 nitrogen and oxygen atoms in total. The zero-order valence-electron chi connectivity index (χ0n) is 11.5. The maximum atomic E-state index is 14.1. The predicted octanol–water partition coefficient (Wildman–Crippen LogP) is 3.04. The second kappa shape index (κ2) is 5.02. The quantitative estimate of drug-likeness (QED) is 0.784. The summed E-state index contributed by atoms with van der Waals surface area (Å²) in [4.78, 5) is 15.7. The molecule has 2 saturated heterocycles. The molecule has 1 aromatic carbocycles. The van der Waals surface area contributed by atoms with Crippen LogP contribution < -0.4 is 4.90 Å². The van der Waals surface area contributed by atoms with Gasteiger partial charge in [-0.3, -0.25) is 4.79 Å². The van der Waals surface area contributed by atoms with Crippen molar-refractivity contribution in [2.24, 2.45) is 5.41 Å². The first-order valence-electron chi connectivity index (χ1n) is 6.94. The van der Waals surface area contributed by atoms with Crippen molar-refractivity contribution in [2.45, 2.75) is 19.3 Å². The van der Waals surface area contributed by atoms with Crippen molar-refractivity contribution in [3.05, 3.63) is 28.5 Å². The molecule has 1 amide bonds. The van der Waals surface area contributed by atoms with Crippen molar-refractivity contribution < 1.29 is 9.18 Å². The number of amides is 1. The number of rotatable bonds is 1. The molecule has 0 atom stereocenters. The van der Waals surface area contributed by atoms with Gasteiger partial charge in [0.15, 0.2) is 5.82 Å². The minimum absolute atomic E-state index is 0.116. The standard InChI is InChI=1S/C15H18BrFN2O/c1-18-10-15(9-13(18)20)5-7-19(8-6-15)12-4-2-3-11(16)14(12)17/h2-4H,5-10H2,1H3. The summed E-state index contributed by atoms with van der Waals surface area (Å²) in [6, 6.07) is 5.40. The van der Waals surface area contributed by atoms with Gasteiger partial charge in [-0.25, -0.2) is 4.39 Å². The molecule has 0 bridgehead atoms. The number of carbonyl (C=O) groups excluding carboxylic acids is 1. The third-order valence-corrected chi connectivity index (χ3v) is 5.23. The van der Waals surface area contributed by atoms with Gasteiger partial charge >= 0.3 is 0 Å². The first-order chi connectivity index (χ1) is 9.51. The van der Waals surface area contributed by atoms with E-state index in [1.54, 1.807) is 6.07 Å². The van der Waals surface area contributed by atoms with E-state index in [0.29, 0.717) is 16.6 Å². The fourth-order valence-corrected chi connectivity index (χ4v) is 3.75. The average molecular weight is 341 g/mol. The smallest absolute Gasteiger partial charge is 0.222 e. The zero-order chi connectivity index (χ0) is 14.3. The van der Waals surface area contributed by atoms with Crippen LogP contribution in [-0.2, 0) is 4.79 Å². The Labute approximate surface area is 126 Å². The lowest BCUT2D eigenvalue weighted by molar-refractivity contribution is -0.126. The van der Waals surface area contributed by atoms with E-state index in [-0.39, 0.29) is 17.1 Å². The van der Waals surface area contributed by atoms with Crippen LogP contribution in [0.25, 0.3) is 0 Å². The predicted molar refractivity (Wildman–Crippen MR) is 80.2 cm³/mol. The molecule has 108 valence electrons. The largest absolute Gasteiger partial charge is 0.369 e. The number of benzene rings is 1. The molecule has 20 heavy (non-hydrogen) atoms. The van der Waals surface area contributed by atoms with Crippen LogP contribution in [0.5, 0.6) is 0 Å². The van der Waals surface area contributed by atoms with Gasteiger partial charge in [0.25, 0.3) is 0 Å². The molecular formula is C15H18BrFN2O. The molecule has 5 heteroatoms. The Hall–Kier alpha value is -1.10.